The van der Waals surface area contributed by atoms with Gasteiger partial charge in [-0.1, -0.05) is 48.5 Å². The first-order valence-electron chi connectivity index (χ1n) is 8.86. The van der Waals surface area contributed by atoms with Gasteiger partial charge in [-0.3, -0.25) is 4.90 Å². The van der Waals surface area contributed by atoms with Gasteiger partial charge in [0.2, 0.25) is 0 Å². The van der Waals surface area contributed by atoms with Crippen molar-refractivity contribution in [3.8, 4) is 11.1 Å². The SMILES string of the molecule is O=CC1CCCCN1C(=O)OCC1c2ccccc2-c2ccccc21. The molecule has 4 heteroatoms. The second-order valence-corrected chi connectivity index (χ2v) is 6.70. The number of benzene rings is 2. The lowest BCUT2D eigenvalue weighted by Crippen LogP contribution is -2.45. The molecule has 1 atom stereocenters. The number of nitrogens with zero attached hydrogens (tertiary/aromatic N) is 1. The molecule has 1 aliphatic heterocycles. The van der Waals surface area contributed by atoms with E-state index in [-0.39, 0.29) is 18.1 Å². The summed E-state index contributed by atoms with van der Waals surface area (Å²) in [5.41, 5.74) is 4.81. The molecule has 1 amide bonds. The van der Waals surface area contributed by atoms with Crippen LogP contribution >= 0.6 is 0 Å². The number of piperidine rings is 1. The average molecular weight is 335 g/mol. The number of aldehydes is 1. The Kier molecular flexibility index (Phi) is 4.26. The summed E-state index contributed by atoms with van der Waals surface area (Å²) in [5, 5.41) is 0. The van der Waals surface area contributed by atoms with Gasteiger partial charge in [0.1, 0.15) is 12.9 Å². The molecule has 1 fully saturated rings. The minimum Gasteiger partial charge on any atom is -0.448 e. The molecule has 4 nitrogen and oxygen atoms in total. The van der Waals surface area contributed by atoms with E-state index >= 15 is 0 Å². The van der Waals surface area contributed by atoms with Gasteiger partial charge in [-0.2, -0.15) is 0 Å². The van der Waals surface area contributed by atoms with Crippen LogP contribution in [0.3, 0.4) is 0 Å². The minimum atomic E-state index is -0.376. The second-order valence-electron chi connectivity index (χ2n) is 6.70. The summed E-state index contributed by atoms with van der Waals surface area (Å²) in [6, 6.07) is 16.2. The fraction of sp³-hybridized carbons (Fsp3) is 0.333. The van der Waals surface area contributed by atoms with E-state index in [1.807, 2.05) is 24.3 Å². The second kappa shape index (κ2) is 6.71. The number of amides is 1. The van der Waals surface area contributed by atoms with Crippen molar-refractivity contribution in [3.63, 3.8) is 0 Å². The van der Waals surface area contributed by atoms with Gasteiger partial charge in [0.25, 0.3) is 0 Å². The van der Waals surface area contributed by atoms with E-state index < -0.39 is 0 Å². The third-order valence-corrected chi connectivity index (χ3v) is 5.28. The van der Waals surface area contributed by atoms with E-state index in [0.29, 0.717) is 13.2 Å². The smallest absolute Gasteiger partial charge is 0.410 e. The Morgan fingerprint density at radius 1 is 1.04 bits per heavy atom. The van der Waals surface area contributed by atoms with Gasteiger partial charge in [-0.15, -0.1) is 0 Å². The van der Waals surface area contributed by atoms with Gasteiger partial charge in [0.15, 0.2) is 0 Å². The molecular weight excluding hydrogens is 314 g/mol. The molecule has 1 aliphatic carbocycles. The van der Waals surface area contributed by atoms with Crippen molar-refractivity contribution in [1.82, 2.24) is 4.90 Å². The summed E-state index contributed by atoms with van der Waals surface area (Å²) < 4.78 is 5.64. The number of rotatable bonds is 3. The van der Waals surface area contributed by atoms with Crippen LogP contribution in [0.5, 0.6) is 0 Å². The lowest BCUT2D eigenvalue weighted by Gasteiger charge is -2.31. The van der Waals surface area contributed by atoms with E-state index in [1.165, 1.54) is 22.3 Å². The summed E-state index contributed by atoms with van der Waals surface area (Å²) in [7, 11) is 0. The molecule has 2 aromatic carbocycles. The van der Waals surface area contributed by atoms with Crippen LogP contribution in [0.15, 0.2) is 48.5 Å². The molecule has 0 bridgehead atoms. The van der Waals surface area contributed by atoms with Crippen molar-refractivity contribution in [2.24, 2.45) is 0 Å². The zero-order chi connectivity index (χ0) is 17.2. The van der Waals surface area contributed by atoms with Crippen molar-refractivity contribution in [2.45, 2.75) is 31.2 Å². The number of ether oxygens (including phenoxy) is 1. The van der Waals surface area contributed by atoms with Crippen molar-refractivity contribution in [1.29, 1.82) is 0 Å². The summed E-state index contributed by atoms with van der Waals surface area (Å²) in [5.74, 6) is 0.0517. The lowest BCUT2D eigenvalue weighted by molar-refractivity contribution is -0.113. The van der Waals surface area contributed by atoms with E-state index in [4.69, 9.17) is 4.74 Å². The van der Waals surface area contributed by atoms with Crippen LogP contribution in [0, 0.1) is 0 Å². The first kappa shape index (κ1) is 15.9. The highest BCUT2D eigenvalue weighted by atomic mass is 16.6. The molecule has 2 aromatic rings. The first-order valence-corrected chi connectivity index (χ1v) is 8.86. The van der Waals surface area contributed by atoms with Gasteiger partial charge >= 0.3 is 6.09 Å². The van der Waals surface area contributed by atoms with Gasteiger partial charge < -0.3 is 9.53 Å². The molecule has 0 N–H and O–H groups in total. The van der Waals surface area contributed by atoms with E-state index in [9.17, 15) is 9.59 Å². The predicted molar refractivity (Wildman–Crippen MR) is 95.5 cm³/mol. The van der Waals surface area contributed by atoms with Crippen LogP contribution in [0.2, 0.25) is 0 Å². The zero-order valence-corrected chi connectivity index (χ0v) is 14.1. The monoisotopic (exact) mass is 335 g/mol. The molecule has 1 unspecified atom stereocenters. The number of hydrogen-bond acceptors (Lipinski definition) is 3. The average Bonchev–Trinajstić information content (AvgIpc) is 3.00. The van der Waals surface area contributed by atoms with Crippen LogP contribution in [0.4, 0.5) is 4.79 Å². The van der Waals surface area contributed by atoms with Crippen LogP contribution in [-0.4, -0.2) is 36.5 Å². The molecule has 0 saturated carbocycles. The fourth-order valence-electron chi connectivity index (χ4n) is 4.00. The molecule has 25 heavy (non-hydrogen) atoms. The third kappa shape index (κ3) is 2.82. The third-order valence-electron chi connectivity index (χ3n) is 5.28. The molecule has 4 rings (SSSR count). The lowest BCUT2D eigenvalue weighted by atomic mass is 9.98. The van der Waals surface area contributed by atoms with Crippen molar-refractivity contribution >= 4 is 12.4 Å². The molecule has 0 spiro atoms. The number of carbonyl (C=O) groups is 2. The zero-order valence-electron chi connectivity index (χ0n) is 14.1. The van der Waals surface area contributed by atoms with Crippen LogP contribution in [0.1, 0.15) is 36.3 Å². The molecule has 1 heterocycles. The molecule has 1 saturated heterocycles. The Labute approximate surface area is 147 Å². The van der Waals surface area contributed by atoms with E-state index in [2.05, 4.69) is 24.3 Å². The number of fused-ring (bicyclic) bond motifs is 3. The molecule has 0 radical (unpaired) electrons. The van der Waals surface area contributed by atoms with Gasteiger partial charge in [-0.05, 0) is 41.5 Å². The van der Waals surface area contributed by atoms with E-state index in [1.54, 1.807) is 4.90 Å². The fourth-order valence-corrected chi connectivity index (χ4v) is 4.00. The summed E-state index contributed by atoms with van der Waals surface area (Å²) in [6.07, 6.45) is 3.12. The summed E-state index contributed by atoms with van der Waals surface area (Å²) >= 11 is 0. The topological polar surface area (TPSA) is 46.6 Å². The number of likely N-dealkylation sites (tertiary alicyclic amines) is 1. The summed E-state index contributed by atoms with van der Waals surface area (Å²) in [6.45, 7) is 0.898. The van der Waals surface area contributed by atoms with Gasteiger partial charge in [-0.25, -0.2) is 4.79 Å². The quantitative estimate of drug-likeness (QED) is 0.797. The van der Waals surface area contributed by atoms with Crippen LogP contribution in [-0.2, 0) is 9.53 Å². The normalized spacial score (nSPS) is 19.2. The Bertz CT molecular complexity index is 756. The Hall–Kier alpha value is -2.62. The van der Waals surface area contributed by atoms with Crippen molar-refractivity contribution < 1.29 is 14.3 Å². The highest BCUT2D eigenvalue weighted by molar-refractivity contribution is 5.79. The van der Waals surface area contributed by atoms with Crippen molar-refractivity contribution in [2.75, 3.05) is 13.2 Å². The maximum atomic E-state index is 12.5. The Balaban J connectivity index is 1.53. The maximum Gasteiger partial charge on any atom is 0.410 e. The van der Waals surface area contributed by atoms with Crippen molar-refractivity contribution in [3.05, 3.63) is 59.7 Å². The van der Waals surface area contributed by atoms with Crippen LogP contribution < -0.4 is 0 Å². The first-order chi connectivity index (χ1) is 12.3. The standard InChI is InChI=1S/C21H21NO3/c23-13-15-7-5-6-12-22(15)21(24)25-14-20-18-10-3-1-8-16(18)17-9-2-4-11-19(17)20/h1-4,8-11,13,15,20H,5-7,12,14H2. The largest absolute Gasteiger partial charge is 0.448 e. The molecular formula is C21H21NO3. The molecule has 128 valence electrons. The minimum absolute atomic E-state index is 0.0517. The van der Waals surface area contributed by atoms with Crippen LogP contribution in [0.25, 0.3) is 11.1 Å². The highest BCUT2D eigenvalue weighted by Gasteiger charge is 2.31. The van der Waals surface area contributed by atoms with Gasteiger partial charge in [0.05, 0.1) is 6.04 Å². The highest BCUT2D eigenvalue weighted by Crippen LogP contribution is 2.44. The molecule has 2 aliphatic rings. The summed E-state index contributed by atoms with van der Waals surface area (Å²) in [4.78, 5) is 25.3. The Morgan fingerprint density at radius 3 is 2.32 bits per heavy atom. The number of hydrogen-bond donors (Lipinski definition) is 0. The predicted octanol–water partition coefficient (Wildman–Crippen LogP) is 3.99. The van der Waals surface area contributed by atoms with Gasteiger partial charge in [0, 0.05) is 12.5 Å². The Morgan fingerprint density at radius 2 is 1.68 bits per heavy atom. The van der Waals surface area contributed by atoms with E-state index in [0.717, 1.165) is 25.5 Å². The maximum absolute atomic E-state index is 12.5. The molecule has 0 aromatic heterocycles. The number of carbonyl (C=O) groups excluding carboxylic acids is 2.